The summed E-state index contributed by atoms with van der Waals surface area (Å²) in [5.41, 5.74) is 0.852. The molecule has 1 aliphatic heterocycles. The second kappa shape index (κ2) is 8.36. The Morgan fingerprint density at radius 2 is 1.89 bits per heavy atom. The lowest BCUT2D eigenvalue weighted by molar-refractivity contribution is -0.137. The maximum Gasteiger partial charge on any atom is 0.417 e. The molecule has 2 heterocycles. The van der Waals surface area contributed by atoms with Crippen molar-refractivity contribution < 1.29 is 18.0 Å². The second-order valence-electron chi connectivity index (χ2n) is 6.67. The number of rotatable bonds is 4. The number of hydrogen-bond acceptors (Lipinski definition) is 4. The van der Waals surface area contributed by atoms with E-state index in [1.807, 2.05) is 16.7 Å². The molecule has 9 heteroatoms. The van der Waals surface area contributed by atoms with Gasteiger partial charge in [0, 0.05) is 43.1 Å². The summed E-state index contributed by atoms with van der Waals surface area (Å²) in [7, 11) is 0. The number of amides is 1. The van der Waals surface area contributed by atoms with Crippen LogP contribution in [0.2, 0.25) is 5.02 Å². The second-order valence-corrected chi connectivity index (χ2v) is 7.11. The molecule has 1 amide bonds. The Morgan fingerprint density at radius 3 is 2.46 bits per heavy atom. The van der Waals surface area contributed by atoms with Crippen molar-refractivity contribution in [3.05, 3.63) is 52.7 Å². The van der Waals surface area contributed by atoms with Crippen molar-refractivity contribution >= 4 is 29.0 Å². The van der Waals surface area contributed by atoms with Crippen LogP contribution in [0, 0.1) is 6.92 Å². The number of piperazine rings is 1. The van der Waals surface area contributed by atoms with E-state index in [1.54, 1.807) is 18.2 Å². The SMILES string of the molecule is Cc1cc(Cl)ccc1NC(=O)CN1CCN(c2ccc(C(F)(F)F)cn2)CC1. The molecule has 28 heavy (non-hydrogen) atoms. The first-order chi connectivity index (χ1) is 13.2. The molecule has 0 atom stereocenters. The molecular formula is C19H20ClF3N4O. The normalized spacial score (nSPS) is 15.5. The molecule has 1 fully saturated rings. The standard InChI is InChI=1S/C19H20ClF3N4O/c1-13-10-15(20)3-4-16(13)25-18(28)12-26-6-8-27(9-7-26)17-5-2-14(11-24-17)19(21,22)23/h2-5,10-11H,6-9,12H2,1H3,(H,25,28). The van der Waals surface area contributed by atoms with E-state index in [-0.39, 0.29) is 12.5 Å². The summed E-state index contributed by atoms with van der Waals surface area (Å²) in [4.78, 5) is 20.1. The molecule has 0 spiro atoms. The van der Waals surface area contributed by atoms with Gasteiger partial charge in [-0.05, 0) is 42.8 Å². The van der Waals surface area contributed by atoms with Gasteiger partial charge in [0.2, 0.25) is 5.91 Å². The number of carbonyl (C=O) groups excluding carboxylic acids is 1. The Morgan fingerprint density at radius 1 is 1.18 bits per heavy atom. The van der Waals surface area contributed by atoms with E-state index in [4.69, 9.17) is 11.6 Å². The first-order valence-electron chi connectivity index (χ1n) is 8.79. The quantitative estimate of drug-likeness (QED) is 0.829. The van der Waals surface area contributed by atoms with Gasteiger partial charge in [0.05, 0.1) is 12.1 Å². The van der Waals surface area contributed by atoms with E-state index >= 15 is 0 Å². The molecule has 3 rings (SSSR count). The lowest BCUT2D eigenvalue weighted by Gasteiger charge is -2.35. The molecule has 0 unspecified atom stereocenters. The molecule has 150 valence electrons. The predicted octanol–water partition coefficient (Wildman–Crippen LogP) is 3.82. The van der Waals surface area contributed by atoms with Crippen molar-refractivity contribution in [2.75, 3.05) is 42.9 Å². The van der Waals surface area contributed by atoms with Gasteiger partial charge in [0.25, 0.3) is 0 Å². The van der Waals surface area contributed by atoms with E-state index in [1.165, 1.54) is 6.07 Å². The van der Waals surface area contributed by atoms with Crippen molar-refractivity contribution in [2.45, 2.75) is 13.1 Å². The summed E-state index contributed by atoms with van der Waals surface area (Å²) in [6.07, 6.45) is -3.54. The lowest BCUT2D eigenvalue weighted by Crippen LogP contribution is -2.49. The summed E-state index contributed by atoms with van der Waals surface area (Å²) in [6, 6.07) is 7.70. The molecule has 1 saturated heterocycles. The van der Waals surface area contributed by atoms with Crippen LogP contribution in [-0.4, -0.2) is 48.5 Å². The Labute approximate surface area is 166 Å². The number of nitrogens with zero attached hydrogens (tertiary/aromatic N) is 3. The fourth-order valence-electron chi connectivity index (χ4n) is 3.04. The molecule has 0 bridgehead atoms. The Kier molecular flexibility index (Phi) is 6.10. The molecule has 0 aliphatic carbocycles. The number of aromatic nitrogens is 1. The number of alkyl halides is 3. The van der Waals surface area contributed by atoms with Gasteiger partial charge in [-0.15, -0.1) is 0 Å². The van der Waals surface area contributed by atoms with Gasteiger partial charge in [-0.1, -0.05) is 11.6 Å². The zero-order valence-electron chi connectivity index (χ0n) is 15.3. The van der Waals surface area contributed by atoms with Crippen molar-refractivity contribution in [1.82, 2.24) is 9.88 Å². The number of pyridine rings is 1. The van der Waals surface area contributed by atoms with Gasteiger partial charge in [-0.3, -0.25) is 9.69 Å². The van der Waals surface area contributed by atoms with Gasteiger partial charge >= 0.3 is 6.18 Å². The van der Waals surface area contributed by atoms with Crippen LogP contribution < -0.4 is 10.2 Å². The number of nitrogens with one attached hydrogen (secondary N) is 1. The van der Waals surface area contributed by atoms with Crippen molar-refractivity contribution in [2.24, 2.45) is 0 Å². The Bertz CT molecular complexity index is 834. The average Bonchev–Trinajstić information content (AvgIpc) is 2.64. The first-order valence-corrected chi connectivity index (χ1v) is 9.17. The predicted molar refractivity (Wildman–Crippen MR) is 103 cm³/mol. The summed E-state index contributed by atoms with van der Waals surface area (Å²) in [5, 5.41) is 3.49. The van der Waals surface area contributed by atoms with E-state index < -0.39 is 11.7 Å². The number of halogens is 4. The third kappa shape index (κ3) is 5.14. The van der Waals surface area contributed by atoms with Crippen LogP contribution in [0.4, 0.5) is 24.7 Å². The summed E-state index contributed by atoms with van der Waals surface area (Å²) < 4.78 is 37.9. The minimum Gasteiger partial charge on any atom is -0.354 e. The number of aryl methyl sites for hydroxylation is 1. The van der Waals surface area contributed by atoms with Gasteiger partial charge in [-0.2, -0.15) is 13.2 Å². The third-order valence-corrected chi connectivity index (χ3v) is 4.84. The number of benzene rings is 1. The van der Waals surface area contributed by atoms with Crippen LogP contribution in [0.3, 0.4) is 0 Å². The topological polar surface area (TPSA) is 48.5 Å². The highest BCUT2D eigenvalue weighted by Crippen LogP contribution is 2.29. The van der Waals surface area contributed by atoms with Crippen LogP contribution in [-0.2, 0) is 11.0 Å². The minimum atomic E-state index is -4.39. The number of anilines is 2. The van der Waals surface area contributed by atoms with Crippen LogP contribution in [0.1, 0.15) is 11.1 Å². The highest BCUT2D eigenvalue weighted by Gasteiger charge is 2.31. The molecule has 2 aromatic rings. The first kappa shape index (κ1) is 20.4. The number of hydrogen-bond donors (Lipinski definition) is 1. The Balaban J connectivity index is 1.50. The summed E-state index contributed by atoms with van der Waals surface area (Å²) in [5.74, 6) is 0.389. The smallest absolute Gasteiger partial charge is 0.354 e. The van der Waals surface area contributed by atoms with Crippen LogP contribution >= 0.6 is 11.6 Å². The van der Waals surface area contributed by atoms with E-state index in [0.29, 0.717) is 37.0 Å². The van der Waals surface area contributed by atoms with Crippen molar-refractivity contribution in [3.8, 4) is 0 Å². The molecule has 0 radical (unpaired) electrons. The highest BCUT2D eigenvalue weighted by atomic mass is 35.5. The van der Waals surface area contributed by atoms with E-state index in [9.17, 15) is 18.0 Å². The van der Waals surface area contributed by atoms with Gasteiger partial charge in [0.1, 0.15) is 5.82 Å². The summed E-state index contributed by atoms with van der Waals surface area (Å²) in [6.45, 7) is 4.54. The molecule has 0 saturated carbocycles. The van der Waals surface area contributed by atoms with E-state index in [2.05, 4.69) is 10.3 Å². The number of carbonyl (C=O) groups is 1. The van der Waals surface area contributed by atoms with Gasteiger partial charge in [-0.25, -0.2) is 4.98 Å². The largest absolute Gasteiger partial charge is 0.417 e. The monoisotopic (exact) mass is 412 g/mol. The van der Waals surface area contributed by atoms with Gasteiger partial charge in [0.15, 0.2) is 0 Å². The van der Waals surface area contributed by atoms with Crippen LogP contribution in [0.15, 0.2) is 36.5 Å². The fourth-order valence-corrected chi connectivity index (χ4v) is 3.26. The zero-order chi connectivity index (χ0) is 20.3. The molecule has 1 aromatic heterocycles. The highest BCUT2D eigenvalue weighted by molar-refractivity contribution is 6.30. The Hall–Kier alpha value is -2.32. The van der Waals surface area contributed by atoms with Crippen LogP contribution in [0.25, 0.3) is 0 Å². The van der Waals surface area contributed by atoms with Crippen LogP contribution in [0.5, 0.6) is 0 Å². The lowest BCUT2D eigenvalue weighted by atomic mass is 10.2. The molecule has 1 aliphatic rings. The molecule has 1 N–H and O–H groups in total. The molecule has 1 aromatic carbocycles. The molecule has 5 nitrogen and oxygen atoms in total. The maximum absolute atomic E-state index is 12.6. The maximum atomic E-state index is 12.6. The van der Waals surface area contributed by atoms with Crippen molar-refractivity contribution in [3.63, 3.8) is 0 Å². The third-order valence-electron chi connectivity index (χ3n) is 4.60. The fraction of sp³-hybridized carbons (Fsp3) is 0.368. The zero-order valence-corrected chi connectivity index (χ0v) is 16.0. The van der Waals surface area contributed by atoms with Crippen molar-refractivity contribution in [1.29, 1.82) is 0 Å². The van der Waals surface area contributed by atoms with Gasteiger partial charge < -0.3 is 10.2 Å². The summed E-state index contributed by atoms with van der Waals surface area (Å²) >= 11 is 5.92. The minimum absolute atomic E-state index is 0.119. The average molecular weight is 413 g/mol. The molecular weight excluding hydrogens is 393 g/mol. The van der Waals surface area contributed by atoms with E-state index in [0.717, 1.165) is 23.5 Å².